The molecule has 0 N–H and O–H groups in total. The average Bonchev–Trinajstić information content (AvgIpc) is 2.38. The van der Waals surface area contributed by atoms with Crippen LogP contribution in [-0.2, 0) is 0 Å². The largest absolute Gasteiger partial charge is 0.403 e. The quantitative estimate of drug-likeness (QED) is 0.674. The van der Waals surface area contributed by atoms with Gasteiger partial charge in [0.25, 0.3) is 0 Å². The second kappa shape index (κ2) is 4.28. The first-order valence-corrected chi connectivity index (χ1v) is 5.50. The van der Waals surface area contributed by atoms with Gasteiger partial charge in [0.2, 0.25) is 5.89 Å². The third-order valence-electron chi connectivity index (χ3n) is 2.70. The maximum Gasteiger partial charge on any atom is 0.347 e. The van der Waals surface area contributed by atoms with Crippen LogP contribution < -0.4 is 5.63 Å². The van der Waals surface area contributed by atoms with Gasteiger partial charge in [-0.1, -0.05) is 12.1 Å². The first-order valence-electron chi connectivity index (χ1n) is 5.50. The fourth-order valence-corrected chi connectivity index (χ4v) is 1.80. The molecule has 0 atom stereocenters. The summed E-state index contributed by atoms with van der Waals surface area (Å²) in [6, 6.07) is 9.56. The summed E-state index contributed by atoms with van der Waals surface area (Å²) < 4.78 is 31.4. The lowest BCUT2D eigenvalue weighted by atomic mass is 10.2. The van der Waals surface area contributed by atoms with E-state index in [1.807, 2.05) is 0 Å². The van der Waals surface area contributed by atoms with Gasteiger partial charge in [-0.15, -0.1) is 0 Å². The molecule has 1 aromatic heterocycles. The lowest BCUT2D eigenvalue weighted by Crippen LogP contribution is -2.03. The minimum absolute atomic E-state index is 0.0516. The van der Waals surface area contributed by atoms with Gasteiger partial charge in [0.15, 0.2) is 0 Å². The van der Waals surface area contributed by atoms with Crippen molar-refractivity contribution in [2.24, 2.45) is 0 Å². The van der Waals surface area contributed by atoms with Crippen molar-refractivity contribution in [2.45, 2.75) is 0 Å². The van der Waals surface area contributed by atoms with Crippen LogP contribution in [0.1, 0.15) is 0 Å². The van der Waals surface area contributed by atoms with Crippen LogP contribution in [0.15, 0.2) is 51.7 Å². The predicted molar refractivity (Wildman–Crippen MR) is 65.6 cm³/mol. The van der Waals surface area contributed by atoms with Gasteiger partial charge in [0.05, 0.1) is 16.5 Å². The molecule has 1 heterocycles. The summed E-state index contributed by atoms with van der Waals surface area (Å²) in [7, 11) is 0. The van der Waals surface area contributed by atoms with Gasteiger partial charge in [0, 0.05) is 6.07 Å². The molecule has 0 fully saturated rings. The molecule has 3 aromatic rings. The lowest BCUT2D eigenvalue weighted by molar-refractivity contribution is 0.510. The summed E-state index contributed by atoms with van der Waals surface area (Å²) in [5.41, 5.74) is -0.258. The Morgan fingerprint density at radius 3 is 2.63 bits per heavy atom. The molecule has 94 valence electrons. The van der Waals surface area contributed by atoms with Gasteiger partial charge in [-0.05, 0) is 24.3 Å². The van der Waals surface area contributed by atoms with Gasteiger partial charge >= 0.3 is 5.63 Å². The summed E-state index contributed by atoms with van der Waals surface area (Å²) in [4.78, 5) is 15.8. The predicted octanol–water partition coefficient (Wildman–Crippen LogP) is 3.13. The molecule has 0 saturated carbocycles. The molecule has 0 unspecified atom stereocenters. The highest BCUT2D eigenvalue weighted by atomic mass is 19.1. The molecule has 0 aliphatic rings. The van der Waals surface area contributed by atoms with Gasteiger partial charge in [-0.3, -0.25) is 0 Å². The van der Waals surface area contributed by atoms with Crippen molar-refractivity contribution in [3.63, 3.8) is 0 Å². The van der Waals surface area contributed by atoms with Gasteiger partial charge in [0.1, 0.15) is 11.6 Å². The third kappa shape index (κ3) is 1.99. The second-order valence-corrected chi connectivity index (χ2v) is 3.95. The number of rotatable bonds is 1. The number of hydrogen-bond donors (Lipinski definition) is 0. The highest BCUT2D eigenvalue weighted by molar-refractivity contribution is 5.78. The molecule has 0 saturated heterocycles. The van der Waals surface area contributed by atoms with Crippen LogP contribution in [0, 0.1) is 11.6 Å². The van der Waals surface area contributed by atoms with Crippen LogP contribution in [0.25, 0.3) is 22.4 Å². The zero-order valence-electron chi connectivity index (χ0n) is 9.56. The first-order chi connectivity index (χ1) is 9.15. The Hall–Kier alpha value is -2.56. The molecular weight excluding hydrogens is 252 g/mol. The monoisotopic (exact) mass is 259 g/mol. The number of nitrogens with zero attached hydrogens (tertiary/aromatic N) is 1. The maximum atomic E-state index is 13.6. The van der Waals surface area contributed by atoms with Crippen LogP contribution >= 0.6 is 0 Å². The van der Waals surface area contributed by atoms with E-state index in [1.165, 1.54) is 6.07 Å². The van der Waals surface area contributed by atoms with E-state index >= 15 is 0 Å². The van der Waals surface area contributed by atoms with Crippen LogP contribution in [0.3, 0.4) is 0 Å². The fraction of sp³-hybridized carbons (Fsp3) is 0. The number of aromatic nitrogens is 1. The van der Waals surface area contributed by atoms with Gasteiger partial charge in [-0.2, -0.15) is 0 Å². The number of para-hydroxylation sites is 1. The Balaban J connectivity index is 2.28. The molecule has 0 bridgehead atoms. The number of fused-ring (bicyclic) bond motifs is 1. The van der Waals surface area contributed by atoms with E-state index < -0.39 is 17.3 Å². The summed E-state index contributed by atoms with van der Waals surface area (Å²) in [6.07, 6.45) is 0. The number of halogens is 2. The van der Waals surface area contributed by atoms with Gasteiger partial charge in [-0.25, -0.2) is 18.6 Å². The van der Waals surface area contributed by atoms with Crippen molar-refractivity contribution < 1.29 is 13.2 Å². The van der Waals surface area contributed by atoms with Crippen LogP contribution in [0.2, 0.25) is 0 Å². The Kier molecular flexibility index (Phi) is 2.59. The van der Waals surface area contributed by atoms with Gasteiger partial charge < -0.3 is 4.42 Å². The van der Waals surface area contributed by atoms with Crippen molar-refractivity contribution in [3.05, 3.63) is 64.5 Å². The van der Waals surface area contributed by atoms with E-state index in [0.717, 1.165) is 6.07 Å². The van der Waals surface area contributed by atoms with E-state index in [-0.39, 0.29) is 11.5 Å². The number of benzene rings is 2. The van der Waals surface area contributed by atoms with E-state index in [2.05, 4.69) is 4.98 Å². The second-order valence-electron chi connectivity index (χ2n) is 3.95. The average molecular weight is 259 g/mol. The van der Waals surface area contributed by atoms with Crippen LogP contribution in [0.4, 0.5) is 8.78 Å². The molecule has 3 nitrogen and oxygen atoms in total. The molecular formula is C14H7F2NO2. The zero-order valence-corrected chi connectivity index (χ0v) is 9.56. The molecule has 0 aliphatic carbocycles. The summed E-state index contributed by atoms with van der Waals surface area (Å²) in [6.45, 7) is 0. The standard InChI is InChI=1S/C14H7F2NO2/c15-8-5-6-9(11(16)7-8)13-17-12-4-2-1-3-10(12)14(18)19-13/h1-7H. The van der Waals surface area contributed by atoms with Crippen molar-refractivity contribution in [1.29, 1.82) is 0 Å². The fourth-order valence-electron chi connectivity index (χ4n) is 1.80. The molecule has 0 amide bonds. The molecule has 0 radical (unpaired) electrons. The Bertz CT molecular complexity index is 827. The Morgan fingerprint density at radius 2 is 1.84 bits per heavy atom. The molecule has 0 aliphatic heterocycles. The zero-order chi connectivity index (χ0) is 13.4. The smallest absolute Gasteiger partial charge is 0.347 e. The highest BCUT2D eigenvalue weighted by Crippen LogP contribution is 2.22. The molecule has 2 aromatic carbocycles. The molecule has 5 heteroatoms. The lowest BCUT2D eigenvalue weighted by Gasteiger charge is -2.02. The topological polar surface area (TPSA) is 43.1 Å². The van der Waals surface area contributed by atoms with Crippen molar-refractivity contribution >= 4 is 10.9 Å². The van der Waals surface area contributed by atoms with Crippen LogP contribution in [-0.4, -0.2) is 4.98 Å². The van der Waals surface area contributed by atoms with E-state index in [9.17, 15) is 13.6 Å². The first kappa shape index (κ1) is 11.5. The molecule has 0 spiro atoms. The van der Waals surface area contributed by atoms with Crippen molar-refractivity contribution in [3.8, 4) is 11.5 Å². The normalized spacial score (nSPS) is 10.8. The third-order valence-corrected chi connectivity index (χ3v) is 2.70. The Labute approximate surface area is 106 Å². The van der Waals surface area contributed by atoms with E-state index in [0.29, 0.717) is 17.0 Å². The van der Waals surface area contributed by atoms with Crippen molar-refractivity contribution in [1.82, 2.24) is 4.98 Å². The van der Waals surface area contributed by atoms with Crippen LogP contribution in [0.5, 0.6) is 0 Å². The minimum Gasteiger partial charge on any atom is -0.403 e. The maximum absolute atomic E-state index is 13.6. The molecule has 3 rings (SSSR count). The SMILES string of the molecule is O=c1oc(-c2ccc(F)cc2F)nc2ccccc12. The summed E-state index contributed by atoms with van der Waals surface area (Å²) in [5, 5.41) is 0.314. The number of hydrogen-bond acceptors (Lipinski definition) is 3. The summed E-state index contributed by atoms with van der Waals surface area (Å²) >= 11 is 0. The minimum atomic E-state index is -0.828. The molecule has 19 heavy (non-hydrogen) atoms. The van der Waals surface area contributed by atoms with E-state index in [1.54, 1.807) is 24.3 Å². The Morgan fingerprint density at radius 1 is 1.05 bits per heavy atom. The highest BCUT2D eigenvalue weighted by Gasteiger charge is 2.12. The van der Waals surface area contributed by atoms with Crippen molar-refractivity contribution in [2.75, 3.05) is 0 Å². The summed E-state index contributed by atoms with van der Waals surface area (Å²) in [5.74, 6) is -1.70. The van der Waals surface area contributed by atoms with E-state index in [4.69, 9.17) is 4.42 Å².